The first-order valence-electron chi connectivity index (χ1n) is 10.9. The monoisotopic (exact) mass is 512 g/mol. The lowest BCUT2D eigenvalue weighted by Crippen LogP contribution is -2.35. The third-order valence-corrected chi connectivity index (χ3v) is 8.39. The van der Waals surface area contributed by atoms with E-state index in [1.807, 2.05) is 38.1 Å². The van der Waals surface area contributed by atoms with Gasteiger partial charge in [-0.2, -0.15) is 10.0 Å². The number of nitrogens with one attached hydrogen (secondary N) is 1. The molecule has 1 N–H and O–H groups in total. The van der Waals surface area contributed by atoms with E-state index in [1.165, 1.54) is 13.0 Å². The predicted octanol–water partition coefficient (Wildman–Crippen LogP) is 3.98. The number of nitrogens with zero attached hydrogens (tertiary/aromatic N) is 3. The molecule has 0 fully saturated rings. The zero-order valence-corrected chi connectivity index (χ0v) is 21.1. The Balaban J connectivity index is 1.60. The van der Waals surface area contributed by atoms with Gasteiger partial charge < -0.3 is 9.47 Å². The molecule has 0 aromatic heterocycles. The van der Waals surface area contributed by atoms with Crippen LogP contribution < -0.4 is 9.47 Å². The van der Waals surface area contributed by atoms with Crippen LogP contribution in [0.4, 0.5) is 0 Å². The number of amidine groups is 2. The quantitative estimate of drug-likeness (QED) is 0.557. The van der Waals surface area contributed by atoms with Crippen LogP contribution in [0.1, 0.15) is 30.5 Å². The molecule has 2 aliphatic heterocycles. The van der Waals surface area contributed by atoms with Crippen LogP contribution >= 0.6 is 11.8 Å². The summed E-state index contributed by atoms with van der Waals surface area (Å²) in [4.78, 5) is 16.6. The highest BCUT2D eigenvalue weighted by molar-refractivity contribution is 8.42. The average Bonchev–Trinajstić information content (AvgIpc) is 3.27. The lowest BCUT2D eigenvalue weighted by atomic mass is 10.1. The molecule has 0 atom stereocenters. The minimum absolute atomic E-state index is 0.00993. The van der Waals surface area contributed by atoms with Crippen molar-refractivity contribution in [2.75, 3.05) is 12.4 Å². The van der Waals surface area contributed by atoms with Gasteiger partial charge in [-0.15, -0.1) is 5.10 Å². The Hall–Kier alpha value is -3.44. The molecular formula is C24H24N4O5S2. The number of thioether (sulfide) groups is 1. The normalized spacial score (nSPS) is 16.8. The second kappa shape index (κ2) is 10.0. The van der Waals surface area contributed by atoms with Gasteiger partial charge >= 0.3 is 0 Å². The molecule has 2 aromatic rings. The summed E-state index contributed by atoms with van der Waals surface area (Å²) in [5.41, 5.74) is 2.77. The summed E-state index contributed by atoms with van der Waals surface area (Å²) in [7, 11) is -3.59. The Bertz CT molecular complexity index is 1400. The molecule has 1 amide bonds. The molecule has 0 unspecified atom stereocenters. The second-order valence-corrected chi connectivity index (χ2v) is 11.1. The number of aliphatic imine (C=N–C) groups is 1. The molecule has 0 spiro atoms. The Morgan fingerprint density at radius 2 is 1.89 bits per heavy atom. The van der Waals surface area contributed by atoms with Crippen molar-refractivity contribution in [3.8, 4) is 11.5 Å². The lowest BCUT2D eigenvalue weighted by Gasteiger charge is -2.20. The van der Waals surface area contributed by atoms with E-state index >= 15 is 0 Å². The molecule has 2 aromatic carbocycles. The largest absolute Gasteiger partial charge is 0.490 e. The summed E-state index contributed by atoms with van der Waals surface area (Å²) in [6.07, 6.45) is 1.51. The number of aryl methyl sites for hydroxylation is 1. The summed E-state index contributed by atoms with van der Waals surface area (Å²) in [5, 5.41) is 13.6. The van der Waals surface area contributed by atoms with Gasteiger partial charge in [-0.3, -0.25) is 10.2 Å². The van der Waals surface area contributed by atoms with E-state index in [-0.39, 0.29) is 26.7 Å². The van der Waals surface area contributed by atoms with Crippen LogP contribution in [0.25, 0.3) is 6.08 Å². The van der Waals surface area contributed by atoms with Gasteiger partial charge in [0.25, 0.3) is 5.91 Å². The highest BCUT2D eigenvalue weighted by Gasteiger charge is 2.39. The van der Waals surface area contributed by atoms with Crippen molar-refractivity contribution in [3.63, 3.8) is 0 Å². The fourth-order valence-corrected chi connectivity index (χ4v) is 5.48. The average molecular weight is 513 g/mol. The first-order valence-corrected chi connectivity index (χ1v) is 13.4. The van der Waals surface area contributed by atoms with Crippen molar-refractivity contribution in [1.29, 1.82) is 5.41 Å². The van der Waals surface area contributed by atoms with Gasteiger partial charge in [-0.25, -0.2) is 8.42 Å². The molecule has 2 aliphatic rings. The van der Waals surface area contributed by atoms with Gasteiger partial charge in [0.05, 0.1) is 17.9 Å². The first-order chi connectivity index (χ1) is 16.7. The fraction of sp³-hybridized carbons (Fsp3) is 0.250. The number of amides is 1. The smallest absolute Gasteiger partial charge is 0.283 e. The van der Waals surface area contributed by atoms with E-state index in [9.17, 15) is 13.2 Å². The van der Waals surface area contributed by atoms with Gasteiger partial charge in [0, 0.05) is 0 Å². The summed E-state index contributed by atoms with van der Waals surface area (Å²) in [5.74, 6) is 0.0317. The number of hydrogen-bond acceptors (Lipinski definition) is 8. The molecule has 0 saturated heterocycles. The molecular weight excluding hydrogens is 488 g/mol. The van der Waals surface area contributed by atoms with E-state index in [4.69, 9.17) is 14.9 Å². The van der Waals surface area contributed by atoms with Crippen LogP contribution in [0, 0.1) is 12.3 Å². The molecule has 4 rings (SSSR count). The maximum absolute atomic E-state index is 12.7. The number of sulfone groups is 1. The van der Waals surface area contributed by atoms with Crippen LogP contribution in [0.15, 0.2) is 58.1 Å². The highest BCUT2D eigenvalue weighted by atomic mass is 32.3. The number of hydrogen-bond donors (Lipinski definition) is 1. The summed E-state index contributed by atoms with van der Waals surface area (Å²) < 4.78 is 35.9. The maximum Gasteiger partial charge on any atom is 0.283 e. The zero-order valence-electron chi connectivity index (χ0n) is 19.4. The Morgan fingerprint density at radius 1 is 1.11 bits per heavy atom. The van der Waals surface area contributed by atoms with Crippen molar-refractivity contribution >= 4 is 49.0 Å². The molecule has 11 heteroatoms. The zero-order chi connectivity index (χ0) is 25.2. The van der Waals surface area contributed by atoms with Gasteiger partial charge in [-0.05, 0) is 60.5 Å². The topological polar surface area (TPSA) is 121 Å². The third-order valence-electron chi connectivity index (χ3n) is 5.31. The SMILES string of the molecule is CCOc1cc(/C=C2\C(=N)N3N=C(S(=O)(=O)CC)SC3=NC2=O)ccc1OCc1ccccc1C. The first kappa shape index (κ1) is 24.7. The van der Waals surface area contributed by atoms with Crippen molar-refractivity contribution in [2.45, 2.75) is 27.4 Å². The number of benzene rings is 2. The number of rotatable bonds is 7. The van der Waals surface area contributed by atoms with E-state index in [2.05, 4.69) is 10.1 Å². The molecule has 9 nitrogen and oxygen atoms in total. The van der Waals surface area contributed by atoms with Crippen molar-refractivity contribution < 1.29 is 22.7 Å². The minimum Gasteiger partial charge on any atom is -0.490 e. The number of carbonyl (C=O) groups is 1. The molecule has 0 bridgehead atoms. The van der Waals surface area contributed by atoms with E-state index < -0.39 is 15.7 Å². The number of hydrazone groups is 1. The summed E-state index contributed by atoms with van der Waals surface area (Å²) in [6, 6.07) is 13.2. The van der Waals surface area contributed by atoms with Crippen LogP contribution in [0.3, 0.4) is 0 Å². The summed E-state index contributed by atoms with van der Waals surface area (Å²) in [6.45, 7) is 6.17. The number of carbonyl (C=O) groups excluding carboxylic acids is 1. The summed E-state index contributed by atoms with van der Waals surface area (Å²) >= 11 is 0.770. The molecule has 182 valence electrons. The molecule has 0 aliphatic carbocycles. The van der Waals surface area contributed by atoms with Crippen molar-refractivity contribution in [2.24, 2.45) is 10.1 Å². The fourth-order valence-electron chi connectivity index (χ4n) is 3.32. The van der Waals surface area contributed by atoms with Crippen LogP contribution in [-0.2, 0) is 21.2 Å². The standard InChI is InChI=1S/C24H24N4O5S2/c1-4-32-20-13-16(10-11-19(20)33-14-17-9-7-6-8-15(17)3)12-18-21(25)28-23(26-22(18)29)34-24(27-28)35(30,31)5-2/h6-13,25H,4-5,14H2,1-3H3/b18-12+,25-21?. The Morgan fingerprint density at radius 3 is 2.60 bits per heavy atom. The molecule has 2 heterocycles. The third kappa shape index (κ3) is 5.15. The van der Waals surface area contributed by atoms with Crippen LogP contribution in [-0.4, -0.2) is 47.1 Å². The Labute approximate surface area is 208 Å². The second-order valence-electron chi connectivity index (χ2n) is 7.64. The van der Waals surface area contributed by atoms with Crippen LogP contribution in [0.5, 0.6) is 11.5 Å². The number of fused-ring (bicyclic) bond motifs is 1. The van der Waals surface area contributed by atoms with Gasteiger partial charge in [0.15, 0.2) is 17.3 Å². The number of ether oxygens (including phenoxy) is 2. The van der Waals surface area contributed by atoms with E-state index in [0.29, 0.717) is 30.3 Å². The lowest BCUT2D eigenvalue weighted by molar-refractivity contribution is -0.114. The highest BCUT2D eigenvalue weighted by Crippen LogP contribution is 2.33. The van der Waals surface area contributed by atoms with Crippen LogP contribution in [0.2, 0.25) is 0 Å². The molecule has 0 radical (unpaired) electrons. The molecule has 0 saturated carbocycles. The van der Waals surface area contributed by atoms with Gasteiger partial charge in [0.2, 0.25) is 19.4 Å². The van der Waals surface area contributed by atoms with Gasteiger partial charge in [-0.1, -0.05) is 37.3 Å². The predicted molar refractivity (Wildman–Crippen MR) is 138 cm³/mol. The minimum atomic E-state index is -3.59. The van der Waals surface area contributed by atoms with Crippen molar-refractivity contribution in [1.82, 2.24) is 5.01 Å². The Kier molecular flexibility index (Phi) is 7.08. The van der Waals surface area contributed by atoms with E-state index in [1.54, 1.807) is 18.2 Å². The van der Waals surface area contributed by atoms with Crippen molar-refractivity contribution in [3.05, 3.63) is 64.7 Å². The van der Waals surface area contributed by atoms with E-state index in [0.717, 1.165) is 27.9 Å². The maximum atomic E-state index is 12.7. The molecule has 35 heavy (non-hydrogen) atoms. The van der Waals surface area contributed by atoms with Gasteiger partial charge in [0.1, 0.15) is 6.61 Å².